The molecular formula is C16H22N2O2S. The van der Waals surface area contributed by atoms with Crippen molar-refractivity contribution < 1.29 is 8.42 Å². The zero-order chi connectivity index (χ0) is 15.1. The van der Waals surface area contributed by atoms with E-state index in [1.807, 2.05) is 36.4 Å². The van der Waals surface area contributed by atoms with Gasteiger partial charge < -0.3 is 0 Å². The van der Waals surface area contributed by atoms with Gasteiger partial charge in [-0.25, -0.2) is 13.1 Å². The van der Waals surface area contributed by atoms with Crippen LogP contribution in [0.1, 0.15) is 50.1 Å². The Hall–Kier alpha value is -1.38. The molecule has 21 heavy (non-hydrogen) atoms. The summed E-state index contributed by atoms with van der Waals surface area (Å²) in [6.07, 6.45) is 5.15. The molecule has 0 saturated heterocycles. The maximum atomic E-state index is 12.2. The number of benzene rings is 1. The summed E-state index contributed by atoms with van der Waals surface area (Å²) in [7, 11) is -3.34. The van der Waals surface area contributed by atoms with E-state index in [2.05, 4.69) is 4.72 Å². The number of hydrogen-bond donors (Lipinski definition) is 1. The van der Waals surface area contributed by atoms with Gasteiger partial charge >= 0.3 is 0 Å². The Labute approximate surface area is 127 Å². The first-order valence-corrected chi connectivity index (χ1v) is 9.19. The van der Waals surface area contributed by atoms with Crippen molar-refractivity contribution >= 4 is 10.0 Å². The van der Waals surface area contributed by atoms with Gasteiger partial charge in [-0.2, -0.15) is 5.26 Å². The highest BCUT2D eigenvalue weighted by atomic mass is 32.2. The van der Waals surface area contributed by atoms with Gasteiger partial charge in [0, 0.05) is 12.5 Å². The Balaban J connectivity index is 2.11. The molecule has 2 rings (SSSR count). The molecule has 0 spiro atoms. The third-order valence-electron chi connectivity index (χ3n) is 4.04. The molecule has 0 heterocycles. The molecule has 114 valence electrons. The lowest BCUT2D eigenvalue weighted by atomic mass is 9.93. The van der Waals surface area contributed by atoms with E-state index in [1.165, 1.54) is 12.8 Å². The quantitative estimate of drug-likeness (QED) is 0.787. The number of sulfonamides is 1. The molecule has 1 saturated carbocycles. The minimum Gasteiger partial charge on any atom is -0.212 e. The van der Waals surface area contributed by atoms with E-state index < -0.39 is 10.0 Å². The highest BCUT2D eigenvalue weighted by Gasteiger charge is 2.29. The fourth-order valence-corrected chi connectivity index (χ4v) is 4.34. The summed E-state index contributed by atoms with van der Waals surface area (Å²) in [5, 5.41) is 8.53. The Morgan fingerprint density at radius 3 is 2.52 bits per heavy atom. The largest absolute Gasteiger partial charge is 0.212 e. The smallest absolute Gasteiger partial charge is 0.212 e. The average molecular weight is 306 g/mol. The van der Waals surface area contributed by atoms with Crippen LogP contribution in [0.25, 0.3) is 0 Å². The molecule has 1 N–H and O–H groups in total. The Morgan fingerprint density at radius 1 is 1.24 bits per heavy atom. The van der Waals surface area contributed by atoms with Gasteiger partial charge in [0.2, 0.25) is 10.0 Å². The molecule has 0 unspecified atom stereocenters. The third kappa shape index (κ3) is 4.83. The van der Waals surface area contributed by atoms with Crippen LogP contribution in [0.3, 0.4) is 0 Å². The number of rotatable bonds is 7. The summed E-state index contributed by atoms with van der Waals surface area (Å²) in [6.45, 7) is 0. The van der Waals surface area contributed by atoms with Crippen molar-refractivity contribution in [3.63, 3.8) is 0 Å². The molecule has 1 aliphatic carbocycles. The van der Waals surface area contributed by atoms with Crippen LogP contribution in [0.4, 0.5) is 0 Å². The second-order valence-corrected chi connectivity index (χ2v) is 7.50. The normalized spacial score (nSPS) is 17.5. The molecule has 1 aliphatic rings. The van der Waals surface area contributed by atoms with E-state index in [0.29, 0.717) is 12.3 Å². The first-order chi connectivity index (χ1) is 10.1. The molecule has 0 aromatic heterocycles. The van der Waals surface area contributed by atoms with Crippen LogP contribution in [0, 0.1) is 17.2 Å². The molecule has 1 aromatic carbocycles. The molecular weight excluding hydrogens is 284 g/mol. The number of nitriles is 1. The molecule has 1 fully saturated rings. The van der Waals surface area contributed by atoms with Crippen LogP contribution in [0.15, 0.2) is 30.3 Å². The predicted molar refractivity (Wildman–Crippen MR) is 82.9 cm³/mol. The van der Waals surface area contributed by atoms with Crippen molar-refractivity contribution in [1.29, 1.82) is 5.26 Å². The molecule has 1 aromatic rings. The van der Waals surface area contributed by atoms with Gasteiger partial charge in [-0.1, -0.05) is 43.2 Å². The lowest BCUT2D eigenvalue weighted by Crippen LogP contribution is -2.34. The highest BCUT2D eigenvalue weighted by Crippen LogP contribution is 2.36. The van der Waals surface area contributed by atoms with E-state index in [9.17, 15) is 8.42 Å². The summed E-state index contributed by atoms with van der Waals surface area (Å²) in [6, 6.07) is 11.7. The molecule has 0 radical (unpaired) electrons. The average Bonchev–Trinajstić information content (AvgIpc) is 3.00. The molecule has 0 aliphatic heterocycles. The van der Waals surface area contributed by atoms with Gasteiger partial charge in [0.25, 0.3) is 0 Å². The van der Waals surface area contributed by atoms with Gasteiger partial charge in [-0.3, -0.25) is 0 Å². The fraction of sp³-hybridized carbons (Fsp3) is 0.562. The first-order valence-electron chi connectivity index (χ1n) is 7.54. The minimum atomic E-state index is -3.34. The molecule has 0 amide bonds. The van der Waals surface area contributed by atoms with Crippen molar-refractivity contribution in [2.24, 2.45) is 5.92 Å². The second-order valence-electron chi connectivity index (χ2n) is 5.63. The van der Waals surface area contributed by atoms with Crippen LogP contribution in [0.5, 0.6) is 0 Å². The van der Waals surface area contributed by atoms with Crippen molar-refractivity contribution in [2.75, 3.05) is 5.75 Å². The van der Waals surface area contributed by atoms with Gasteiger partial charge in [-0.15, -0.1) is 0 Å². The van der Waals surface area contributed by atoms with E-state index in [-0.39, 0.29) is 18.2 Å². The summed E-state index contributed by atoms with van der Waals surface area (Å²) in [5.41, 5.74) is 1.04. The van der Waals surface area contributed by atoms with Gasteiger partial charge in [0.15, 0.2) is 0 Å². The summed E-state index contributed by atoms with van der Waals surface area (Å²) in [5.74, 6) is 0.398. The maximum absolute atomic E-state index is 12.2. The minimum absolute atomic E-state index is 0.0244. The molecule has 5 heteroatoms. The van der Waals surface area contributed by atoms with E-state index >= 15 is 0 Å². The molecule has 4 nitrogen and oxygen atoms in total. The van der Waals surface area contributed by atoms with Crippen molar-refractivity contribution in [3.05, 3.63) is 35.9 Å². The zero-order valence-corrected chi connectivity index (χ0v) is 13.0. The molecule has 1 atom stereocenters. The van der Waals surface area contributed by atoms with Gasteiger partial charge in [0.1, 0.15) is 0 Å². The van der Waals surface area contributed by atoms with Crippen LogP contribution in [-0.4, -0.2) is 14.2 Å². The second kappa shape index (κ2) is 7.58. The van der Waals surface area contributed by atoms with E-state index in [0.717, 1.165) is 18.4 Å². The Morgan fingerprint density at radius 2 is 1.90 bits per heavy atom. The number of unbranched alkanes of at least 4 members (excludes halogenated alkanes) is 1. The van der Waals surface area contributed by atoms with Crippen LogP contribution < -0.4 is 4.72 Å². The third-order valence-corrected chi connectivity index (χ3v) is 5.48. The number of nitrogens with zero attached hydrogens (tertiary/aromatic N) is 1. The SMILES string of the molecule is N#CCCCS(=O)(=O)N[C@@H](c1ccccc1)C1CCCC1. The lowest BCUT2D eigenvalue weighted by molar-refractivity contribution is 0.410. The standard InChI is InChI=1S/C16H22N2O2S/c17-12-6-7-13-21(19,20)18-16(15-10-4-5-11-15)14-8-2-1-3-9-14/h1-3,8-9,15-16,18H,4-7,10-11,13H2/t16-/m0/s1. The monoisotopic (exact) mass is 306 g/mol. The topological polar surface area (TPSA) is 70.0 Å². The van der Waals surface area contributed by atoms with Crippen molar-refractivity contribution in [2.45, 2.75) is 44.6 Å². The van der Waals surface area contributed by atoms with Crippen molar-refractivity contribution in [1.82, 2.24) is 4.72 Å². The van der Waals surface area contributed by atoms with Gasteiger partial charge in [0.05, 0.1) is 11.8 Å². The fourth-order valence-electron chi connectivity index (χ4n) is 2.98. The summed E-state index contributed by atoms with van der Waals surface area (Å²) >= 11 is 0. The lowest BCUT2D eigenvalue weighted by Gasteiger charge is -2.25. The van der Waals surface area contributed by atoms with Crippen LogP contribution >= 0.6 is 0 Å². The van der Waals surface area contributed by atoms with Gasteiger partial charge in [-0.05, 0) is 30.7 Å². The zero-order valence-electron chi connectivity index (χ0n) is 12.2. The summed E-state index contributed by atoms with van der Waals surface area (Å²) < 4.78 is 27.3. The van der Waals surface area contributed by atoms with Crippen LogP contribution in [-0.2, 0) is 10.0 Å². The Bertz CT molecular complexity index is 572. The Kier molecular flexibility index (Phi) is 5.77. The highest BCUT2D eigenvalue weighted by molar-refractivity contribution is 7.89. The number of hydrogen-bond acceptors (Lipinski definition) is 3. The first kappa shape index (κ1) is 16.0. The predicted octanol–water partition coefficient (Wildman–Crippen LogP) is 3.14. The van der Waals surface area contributed by atoms with Crippen LogP contribution in [0.2, 0.25) is 0 Å². The van der Waals surface area contributed by atoms with E-state index in [1.54, 1.807) is 0 Å². The van der Waals surface area contributed by atoms with E-state index in [4.69, 9.17) is 5.26 Å². The number of nitrogens with one attached hydrogen (secondary N) is 1. The summed E-state index contributed by atoms with van der Waals surface area (Å²) in [4.78, 5) is 0. The van der Waals surface area contributed by atoms with Crippen molar-refractivity contribution in [3.8, 4) is 6.07 Å². The maximum Gasteiger partial charge on any atom is 0.212 e. The molecule has 0 bridgehead atoms.